The molecule has 5 nitrogen and oxygen atoms in total. The zero-order chi connectivity index (χ0) is 14.2. The number of unbranched alkanes of at least 4 members (excludes halogenated alkanes) is 1. The molecule has 18 heavy (non-hydrogen) atoms. The van der Waals surface area contributed by atoms with Gasteiger partial charge in [0.25, 0.3) is 0 Å². The van der Waals surface area contributed by atoms with Crippen molar-refractivity contribution in [2.75, 3.05) is 46.1 Å². The molecular formula is C12H28N2O3S. The van der Waals surface area contributed by atoms with Crippen LogP contribution in [0.1, 0.15) is 26.7 Å². The maximum Gasteiger partial charge on any atom is 0.214 e. The van der Waals surface area contributed by atoms with E-state index in [1.54, 1.807) is 4.31 Å². The van der Waals surface area contributed by atoms with Gasteiger partial charge in [-0.1, -0.05) is 13.8 Å². The van der Waals surface area contributed by atoms with Gasteiger partial charge in [0, 0.05) is 26.2 Å². The lowest BCUT2D eigenvalue weighted by Gasteiger charge is -2.25. The molecule has 0 aromatic rings. The maximum atomic E-state index is 12.2. The summed E-state index contributed by atoms with van der Waals surface area (Å²) < 4.78 is 25.9. The Morgan fingerprint density at radius 2 is 1.72 bits per heavy atom. The molecule has 0 rings (SSSR count). The van der Waals surface area contributed by atoms with E-state index in [1.807, 2.05) is 32.8 Å². The minimum Gasteiger partial charge on any atom is -0.396 e. The molecule has 0 fully saturated rings. The van der Waals surface area contributed by atoms with Crippen molar-refractivity contribution in [3.63, 3.8) is 0 Å². The van der Waals surface area contributed by atoms with E-state index >= 15 is 0 Å². The van der Waals surface area contributed by atoms with E-state index in [1.165, 1.54) is 0 Å². The summed E-state index contributed by atoms with van der Waals surface area (Å²) in [5, 5.41) is 8.71. The standard InChI is InChI=1S/C12H28N2O3S/c1-12(2)11-14(8-7-13(3)4)18(16,17)10-6-5-9-15/h12,15H,5-11H2,1-4H3. The second-order valence-electron chi connectivity index (χ2n) is 5.30. The molecular weight excluding hydrogens is 252 g/mol. The second-order valence-corrected chi connectivity index (χ2v) is 7.39. The summed E-state index contributed by atoms with van der Waals surface area (Å²) in [5.74, 6) is 0.452. The minimum absolute atomic E-state index is 0.0530. The van der Waals surface area contributed by atoms with Crippen molar-refractivity contribution in [3.8, 4) is 0 Å². The fraction of sp³-hybridized carbons (Fsp3) is 1.00. The monoisotopic (exact) mass is 280 g/mol. The van der Waals surface area contributed by atoms with Gasteiger partial charge in [0.1, 0.15) is 0 Å². The van der Waals surface area contributed by atoms with Crippen LogP contribution in [-0.2, 0) is 10.0 Å². The van der Waals surface area contributed by atoms with Crippen LogP contribution in [0.25, 0.3) is 0 Å². The van der Waals surface area contributed by atoms with Gasteiger partial charge in [-0.3, -0.25) is 0 Å². The van der Waals surface area contributed by atoms with Crippen molar-refractivity contribution < 1.29 is 13.5 Å². The van der Waals surface area contributed by atoms with E-state index in [4.69, 9.17) is 5.11 Å². The Morgan fingerprint density at radius 1 is 1.11 bits per heavy atom. The highest BCUT2D eigenvalue weighted by Gasteiger charge is 2.22. The molecule has 0 atom stereocenters. The summed E-state index contributed by atoms with van der Waals surface area (Å²) in [5.41, 5.74) is 0. The van der Waals surface area contributed by atoms with E-state index in [0.717, 1.165) is 6.54 Å². The number of nitrogens with zero attached hydrogens (tertiary/aromatic N) is 2. The number of aliphatic hydroxyl groups excluding tert-OH is 1. The van der Waals surface area contributed by atoms with Gasteiger partial charge >= 0.3 is 0 Å². The van der Waals surface area contributed by atoms with Gasteiger partial charge in [0.15, 0.2) is 0 Å². The Balaban J connectivity index is 4.50. The molecule has 0 saturated carbocycles. The Morgan fingerprint density at radius 3 is 2.17 bits per heavy atom. The lowest BCUT2D eigenvalue weighted by molar-refractivity contribution is 0.285. The zero-order valence-electron chi connectivity index (χ0n) is 12.1. The van der Waals surface area contributed by atoms with Gasteiger partial charge in [-0.25, -0.2) is 12.7 Å². The Labute approximate surface area is 112 Å². The number of hydrogen-bond donors (Lipinski definition) is 1. The topological polar surface area (TPSA) is 60.9 Å². The quantitative estimate of drug-likeness (QED) is 0.596. The number of aliphatic hydroxyl groups is 1. The van der Waals surface area contributed by atoms with Crippen molar-refractivity contribution in [2.45, 2.75) is 26.7 Å². The molecule has 0 unspecified atom stereocenters. The molecule has 0 radical (unpaired) electrons. The molecule has 110 valence electrons. The fourth-order valence-electron chi connectivity index (χ4n) is 1.59. The zero-order valence-corrected chi connectivity index (χ0v) is 12.9. The summed E-state index contributed by atoms with van der Waals surface area (Å²) in [7, 11) is 0.683. The Bertz CT molecular complexity index is 302. The third-order valence-corrected chi connectivity index (χ3v) is 4.49. The van der Waals surface area contributed by atoms with Crippen LogP contribution in [0, 0.1) is 5.92 Å². The molecule has 0 saturated heterocycles. The van der Waals surface area contributed by atoms with Crippen LogP contribution < -0.4 is 0 Å². The first kappa shape index (κ1) is 17.8. The van der Waals surface area contributed by atoms with E-state index in [2.05, 4.69) is 0 Å². The molecule has 6 heteroatoms. The van der Waals surface area contributed by atoms with Crippen LogP contribution in [0.3, 0.4) is 0 Å². The van der Waals surface area contributed by atoms with Crippen LogP contribution in [0.15, 0.2) is 0 Å². The lowest BCUT2D eigenvalue weighted by Crippen LogP contribution is -2.40. The smallest absolute Gasteiger partial charge is 0.214 e. The first-order valence-electron chi connectivity index (χ1n) is 6.53. The van der Waals surface area contributed by atoms with Gasteiger partial charge < -0.3 is 10.0 Å². The Kier molecular flexibility index (Phi) is 8.77. The van der Waals surface area contributed by atoms with Crippen LogP contribution in [0.2, 0.25) is 0 Å². The largest absolute Gasteiger partial charge is 0.396 e. The highest BCUT2D eigenvalue weighted by Crippen LogP contribution is 2.08. The van der Waals surface area contributed by atoms with Crippen molar-refractivity contribution in [2.24, 2.45) is 5.92 Å². The van der Waals surface area contributed by atoms with Crippen LogP contribution in [0.4, 0.5) is 0 Å². The van der Waals surface area contributed by atoms with Crippen molar-refractivity contribution in [3.05, 3.63) is 0 Å². The van der Waals surface area contributed by atoms with Crippen LogP contribution in [0.5, 0.6) is 0 Å². The normalized spacial score (nSPS) is 12.9. The predicted octanol–water partition coefficient (Wildman–Crippen LogP) is 0.608. The van der Waals surface area contributed by atoms with Gasteiger partial charge in [-0.05, 0) is 32.9 Å². The van der Waals surface area contributed by atoms with E-state index in [0.29, 0.717) is 31.8 Å². The maximum absolute atomic E-state index is 12.2. The molecule has 0 aromatic heterocycles. The van der Waals surface area contributed by atoms with Gasteiger partial charge in [-0.15, -0.1) is 0 Å². The van der Waals surface area contributed by atoms with E-state index in [9.17, 15) is 8.42 Å². The minimum atomic E-state index is -3.19. The Hall–Kier alpha value is -0.170. The number of rotatable bonds is 10. The second kappa shape index (κ2) is 8.85. The van der Waals surface area contributed by atoms with Gasteiger partial charge in [0.2, 0.25) is 10.0 Å². The molecule has 0 heterocycles. The molecule has 0 aliphatic carbocycles. The summed E-state index contributed by atoms with van der Waals surface area (Å²) in [4.78, 5) is 1.98. The van der Waals surface area contributed by atoms with E-state index < -0.39 is 10.0 Å². The first-order chi connectivity index (χ1) is 8.29. The molecule has 0 aliphatic heterocycles. The van der Waals surface area contributed by atoms with Crippen molar-refractivity contribution in [1.82, 2.24) is 9.21 Å². The lowest BCUT2D eigenvalue weighted by atomic mass is 10.2. The molecule has 0 spiro atoms. The molecule has 1 N–H and O–H groups in total. The molecule has 0 aliphatic rings. The summed E-state index contributed by atoms with van der Waals surface area (Å²) in [6.45, 7) is 5.92. The van der Waals surface area contributed by atoms with E-state index in [-0.39, 0.29) is 12.4 Å². The number of hydrogen-bond acceptors (Lipinski definition) is 4. The summed E-state index contributed by atoms with van der Waals surface area (Å²) >= 11 is 0. The van der Waals surface area contributed by atoms with Crippen molar-refractivity contribution >= 4 is 10.0 Å². The summed E-state index contributed by atoms with van der Waals surface area (Å²) in [6, 6.07) is 0. The highest BCUT2D eigenvalue weighted by molar-refractivity contribution is 7.89. The average Bonchev–Trinajstić information content (AvgIpc) is 2.23. The average molecular weight is 280 g/mol. The number of likely N-dealkylation sites (N-methyl/N-ethyl adjacent to an activating group) is 1. The third kappa shape index (κ3) is 8.02. The number of sulfonamides is 1. The predicted molar refractivity (Wildman–Crippen MR) is 75.1 cm³/mol. The first-order valence-corrected chi connectivity index (χ1v) is 8.14. The fourth-order valence-corrected chi connectivity index (χ4v) is 3.30. The van der Waals surface area contributed by atoms with Crippen molar-refractivity contribution in [1.29, 1.82) is 0 Å². The third-order valence-electron chi connectivity index (χ3n) is 2.57. The molecule has 0 amide bonds. The SMILES string of the molecule is CC(C)CN(CCN(C)C)S(=O)(=O)CCCCO. The van der Waals surface area contributed by atoms with Gasteiger partial charge in [0.05, 0.1) is 5.75 Å². The molecule has 0 aromatic carbocycles. The summed E-state index contributed by atoms with van der Waals surface area (Å²) in [6.07, 6.45) is 1.07. The van der Waals surface area contributed by atoms with Crippen LogP contribution >= 0.6 is 0 Å². The van der Waals surface area contributed by atoms with Crippen LogP contribution in [-0.4, -0.2) is 68.8 Å². The highest BCUT2D eigenvalue weighted by atomic mass is 32.2. The van der Waals surface area contributed by atoms with Gasteiger partial charge in [-0.2, -0.15) is 0 Å². The molecule has 0 bridgehead atoms.